The number of hydrogen-bond acceptors (Lipinski definition) is 2. The van der Waals surface area contributed by atoms with Crippen LogP contribution in [0.3, 0.4) is 0 Å². The monoisotopic (exact) mass is 266 g/mol. The Morgan fingerprint density at radius 3 is 2.87 bits per heavy atom. The zero-order chi connectivity index (χ0) is 10.4. The van der Waals surface area contributed by atoms with Crippen LogP contribution in [0.25, 0.3) is 9.65 Å². The quantitative estimate of drug-likeness (QED) is 0.768. The molecule has 1 fully saturated rings. The number of likely N-dealkylation sites (N-methyl/N-ethyl adjacent to an activating group) is 1. The van der Waals surface area contributed by atoms with E-state index >= 15 is 0 Å². The van der Waals surface area contributed by atoms with Crippen LogP contribution in [0.4, 0.5) is 0 Å². The Morgan fingerprint density at radius 2 is 2.13 bits per heavy atom. The van der Waals surface area contributed by atoms with Crippen molar-refractivity contribution in [1.29, 1.82) is 0 Å². The van der Waals surface area contributed by atoms with Gasteiger partial charge in [0, 0.05) is 0 Å². The zero-order valence-electron chi connectivity index (χ0n) is 8.97. The minimum absolute atomic E-state index is 0.339. The molecule has 0 saturated heterocycles. The van der Waals surface area contributed by atoms with Crippen molar-refractivity contribution in [3.8, 4) is 0 Å². The summed E-state index contributed by atoms with van der Waals surface area (Å²) in [7, 11) is 4.33. The van der Waals surface area contributed by atoms with Crippen molar-refractivity contribution in [3.63, 3.8) is 0 Å². The van der Waals surface area contributed by atoms with Gasteiger partial charge < -0.3 is 0 Å². The van der Waals surface area contributed by atoms with Crippen LogP contribution >= 0.6 is 0 Å². The van der Waals surface area contributed by atoms with Crippen LogP contribution in [0, 0.1) is 0 Å². The topological polar surface area (TPSA) is 16.1 Å². The molecular weight excluding hydrogens is 251 g/mol. The van der Waals surface area contributed by atoms with E-state index < -0.39 is 0 Å². The molecule has 3 heteroatoms. The second-order valence-electron chi connectivity index (χ2n) is 4.44. The van der Waals surface area contributed by atoms with Gasteiger partial charge in [0.2, 0.25) is 0 Å². The second kappa shape index (κ2) is 3.44. The van der Waals surface area contributed by atoms with Crippen molar-refractivity contribution in [2.24, 2.45) is 0 Å². The molecule has 2 atom stereocenters. The van der Waals surface area contributed by atoms with E-state index in [9.17, 15) is 0 Å². The van der Waals surface area contributed by atoms with Gasteiger partial charge in [-0.2, -0.15) is 0 Å². The van der Waals surface area contributed by atoms with Crippen molar-refractivity contribution >= 4 is 24.4 Å². The summed E-state index contributed by atoms with van der Waals surface area (Å²) in [6.07, 6.45) is 1.29. The summed E-state index contributed by atoms with van der Waals surface area (Å²) in [5.41, 5.74) is 1.38. The normalized spacial score (nSPS) is 25.0. The molecule has 0 spiro atoms. The first-order valence-electron chi connectivity index (χ1n) is 5.28. The number of rotatable bonds is 2. The molecule has 15 heavy (non-hydrogen) atoms. The Hall–Kier alpha value is -0.631. The SMILES string of the molecule is CN(C)C1CC1c1n[se]c2ccccc12. The molecule has 0 N–H and O–H groups in total. The van der Waals surface area contributed by atoms with Crippen molar-refractivity contribution in [2.75, 3.05) is 14.1 Å². The van der Waals surface area contributed by atoms with Gasteiger partial charge in [-0.05, 0) is 0 Å². The number of hydrogen-bond donors (Lipinski definition) is 0. The molecular formula is C12H14N2Se. The molecule has 1 saturated carbocycles. The van der Waals surface area contributed by atoms with Gasteiger partial charge in [-0.15, -0.1) is 0 Å². The third kappa shape index (κ3) is 1.55. The van der Waals surface area contributed by atoms with E-state index in [4.69, 9.17) is 3.98 Å². The van der Waals surface area contributed by atoms with E-state index in [1.165, 1.54) is 21.8 Å². The summed E-state index contributed by atoms with van der Waals surface area (Å²) in [5.74, 6) is 0.700. The first-order chi connectivity index (χ1) is 7.27. The second-order valence-corrected chi connectivity index (χ2v) is 6.13. The first kappa shape index (κ1) is 9.59. The molecule has 0 radical (unpaired) electrons. The molecule has 1 aliphatic carbocycles. The summed E-state index contributed by atoms with van der Waals surface area (Å²) in [4.78, 5) is 2.32. The van der Waals surface area contributed by atoms with E-state index in [2.05, 4.69) is 43.3 Å². The molecule has 2 unspecified atom stereocenters. The summed E-state index contributed by atoms with van der Waals surface area (Å²) in [6.45, 7) is 0. The fourth-order valence-electron chi connectivity index (χ4n) is 2.22. The van der Waals surface area contributed by atoms with Gasteiger partial charge in [-0.3, -0.25) is 0 Å². The van der Waals surface area contributed by atoms with Gasteiger partial charge in [0.15, 0.2) is 0 Å². The number of benzene rings is 1. The molecule has 0 bridgehead atoms. The van der Waals surface area contributed by atoms with Gasteiger partial charge in [-0.25, -0.2) is 0 Å². The van der Waals surface area contributed by atoms with Crippen molar-refractivity contribution in [3.05, 3.63) is 30.0 Å². The van der Waals surface area contributed by atoms with Crippen LogP contribution < -0.4 is 0 Å². The zero-order valence-corrected chi connectivity index (χ0v) is 10.7. The summed E-state index contributed by atoms with van der Waals surface area (Å²) in [6, 6.07) is 9.43. The Kier molecular flexibility index (Phi) is 2.20. The van der Waals surface area contributed by atoms with Gasteiger partial charge in [0.1, 0.15) is 0 Å². The van der Waals surface area contributed by atoms with Crippen molar-refractivity contribution < 1.29 is 0 Å². The molecule has 0 aliphatic heterocycles. The number of fused-ring (bicyclic) bond motifs is 1. The fraction of sp³-hybridized carbons (Fsp3) is 0.417. The Labute approximate surface area is 95.9 Å². The maximum absolute atomic E-state index is 4.75. The molecule has 2 aromatic rings. The number of nitrogens with zero attached hydrogens (tertiary/aromatic N) is 2. The van der Waals surface area contributed by atoms with Gasteiger partial charge in [-0.1, -0.05) is 0 Å². The van der Waals surface area contributed by atoms with Crippen molar-refractivity contribution in [1.82, 2.24) is 8.88 Å². The molecule has 1 aromatic carbocycles. The van der Waals surface area contributed by atoms with E-state index in [1.807, 2.05) is 0 Å². The fourth-order valence-corrected chi connectivity index (χ4v) is 3.98. The van der Waals surface area contributed by atoms with Crippen LogP contribution in [-0.4, -0.2) is 43.7 Å². The van der Waals surface area contributed by atoms with Crippen molar-refractivity contribution in [2.45, 2.75) is 18.4 Å². The molecule has 1 heterocycles. The van der Waals surface area contributed by atoms with Gasteiger partial charge >= 0.3 is 95.7 Å². The molecule has 1 aromatic heterocycles. The van der Waals surface area contributed by atoms with E-state index in [0.29, 0.717) is 20.7 Å². The first-order valence-corrected chi connectivity index (χ1v) is 6.90. The number of aromatic nitrogens is 1. The van der Waals surface area contributed by atoms with Gasteiger partial charge in [0.05, 0.1) is 0 Å². The average Bonchev–Trinajstić information content (AvgIpc) is 2.92. The third-order valence-electron chi connectivity index (χ3n) is 3.18. The minimum atomic E-state index is 0.339. The Bertz CT molecular complexity index is 489. The Morgan fingerprint density at radius 1 is 1.33 bits per heavy atom. The average molecular weight is 265 g/mol. The van der Waals surface area contributed by atoms with Crippen LogP contribution in [0.15, 0.2) is 24.3 Å². The molecule has 0 amide bonds. The van der Waals surface area contributed by atoms with E-state index in [-0.39, 0.29) is 0 Å². The molecule has 78 valence electrons. The van der Waals surface area contributed by atoms with E-state index in [1.54, 1.807) is 0 Å². The predicted molar refractivity (Wildman–Crippen MR) is 63.5 cm³/mol. The van der Waals surface area contributed by atoms with Crippen LogP contribution in [0.2, 0.25) is 0 Å². The van der Waals surface area contributed by atoms with Gasteiger partial charge in [0.25, 0.3) is 0 Å². The maximum atomic E-state index is 4.75. The Balaban J connectivity index is 2.00. The predicted octanol–water partition coefficient (Wildman–Crippen LogP) is 1.71. The summed E-state index contributed by atoms with van der Waals surface area (Å²) < 4.78 is 6.21. The summed E-state index contributed by atoms with van der Waals surface area (Å²) >= 11 is 0.339. The molecule has 1 aliphatic rings. The van der Waals surface area contributed by atoms with E-state index in [0.717, 1.165) is 6.04 Å². The molecule has 3 rings (SSSR count). The summed E-state index contributed by atoms with van der Waals surface area (Å²) in [5, 5.41) is 1.42. The standard InChI is InChI=1S/C12H14N2Se/c1-14(2)10-7-9(10)12-8-5-3-4-6-11(8)15-13-12/h3-6,9-10H,7H2,1-2H3. The van der Waals surface area contributed by atoms with Crippen LogP contribution in [0.5, 0.6) is 0 Å². The van der Waals surface area contributed by atoms with Crippen LogP contribution in [-0.2, 0) is 0 Å². The molecule has 2 nitrogen and oxygen atoms in total. The third-order valence-corrected chi connectivity index (χ3v) is 4.94. The van der Waals surface area contributed by atoms with Crippen LogP contribution in [0.1, 0.15) is 18.0 Å².